The highest BCUT2D eigenvalue weighted by molar-refractivity contribution is 6.32. The highest BCUT2D eigenvalue weighted by Gasteiger charge is 2.23. The number of piperazine rings is 1. The molecule has 8 heteroatoms. The molecule has 0 N–H and O–H groups in total. The maximum Gasteiger partial charge on any atom is 0.244 e. The van der Waals surface area contributed by atoms with Crippen LogP contribution in [0, 0.1) is 6.92 Å². The standard InChI is InChI=1S/C20H22ClN5O2.C2H6/c1-14-5-6-22-20-16(14)12-23-26(20)13-19(27)25-9-7-24(8-10-25)15-3-4-17(21)18(11-15)28-2;1-2/h3-6,11-12H,7-10,13H2,1-2H3;1-2H3. The minimum Gasteiger partial charge on any atom is -0.495 e. The minimum absolute atomic E-state index is 0.0571. The van der Waals surface area contributed by atoms with E-state index in [0.717, 1.165) is 35.4 Å². The Kier molecular flexibility index (Phi) is 7.15. The molecule has 3 aromatic rings. The first-order valence-electron chi connectivity index (χ1n) is 10.2. The smallest absolute Gasteiger partial charge is 0.244 e. The number of amides is 1. The summed E-state index contributed by atoms with van der Waals surface area (Å²) in [5.41, 5.74) is 2.90. The molecule has 0 saturated carbocycles. The van der Waals surface area contributed by atoms with Crippen LogP contribution < -0.4 is 9.64 Å². The molecule has 0 radical (unpaired) electrons. The molecule has 4 rings (SSSR count). The van der Waals surface area contributed by atoms with E-state index < -0.39 is 0 Å². The Balaban J connectivity index is 0.00000124. The number of ether oxygens (including phenoxy) is 1. The Morgan fingerprint density at radius 2 is 1.90 bits per heavy atom. The number of fused-ring (bicyclic) bond motifs is 1. The van der Waals surface area contributed by atoms with Crippen molar-refractivity contribution in [1.29, 1.82) is 0 Å². The second-order valence-corrected chi connectivity index (χ2v) is 7.26. The fourth-order valence-corrected chi connectivity index (χ4v) is 3.70. The van der Waals surface area contributed by atoms with Crippen LogP contribution >= 0.6 is 11.6 Å². The zero-order chi connectivity index (χ0) is 21.7. The van der Waals surface area contributed by atoms with Crippen LogP contribution in [0.25, 0.3) is 11.0 Å². The summed E-state index contributed by atoms with van der Waals surface area (Å²) in [7, 11) is 1.61. The quantitative estimate of drug-likeness (QED) is 0.631. The van der Waals surface area contributed by atoms with Gasteiger partial charge in [0, 0.05) is 49.5 Å². The van der Waals surface area contributed by atoms with Crippen molar-refractivity contribution >= 4 is 34.2 Å². The SMILES string of the molecule is CC.COc1cc(N2CCN(C(=O)Cn3ncc4c(C)ccnc43)CC2)ccc1Cl. The predicted octanol–water partition coefficient (Wildman–Crippen LogP) is 3.78. The van der Waals surface area contributed by atoms with Gasteiger partial charge in [0.1, 0.15) is 12.3 Å². The maximum absolute atomic E-state index is 12.8. The van der Waals surface area contributed by atoms with Gasteiger partial charge >= 0.3 is 0 Å². The molecule has 0 unspecified atom stereocenters. The number of carbonyl (C=O) groups is 1. The van der Waals surface area contributed by atoms with Crippen LogP contribution in [0.5, 0.6) is 5.75 Å². The number of aryl methyl sites for hydroxylation is 1. The van der Waals surface area contributed by atoms with Gasteiger partial charge in [-0.1, -0.05) is 25.4 Å². The summed E-state index contributed by atoms with van der Waals surface area (Å²) in [6.07, 6.45) is 3.52. The molecule has 160 valence electrons. The van der Waals surface area contributed by atoms with Gasteiger partial charge in [-0.15, -0.1) is 0 Å². The Morgan fingerprint density at radius 3 is 2.60 bits per heavy atom. The number of anilines is 1. The van der Waals surface area contributed by atoms with E-state index in [1.165, 1.54) is 0 Å². The first-order valence-corrected chi connectivity index (χ1v) is 10.6. The summed E-state index contributed by atoms with van der Waals surface area (Å²) in [5, 5.41) is 5.93. The molecular formula is C22H28ClN5O2. The van der Waals surface area contributed by atoms with Gasteiger partial charge in [0.2, 0.25) is 5.91 Å². The van der Waals surface area contributed by atoms with Crippen molar-refractivity contribution in [3.63, 3.8) is 0 Å². The lowest BCUT2D eigenvalue weighted by Crippen LogP contribution is -2.49. The van der Waals surface area contributed by atoms with Crippen molar-refractivity contribution in [3.8, 4) is 5.75 Å². The van der Waals surface area contributed by atoms with Crippen LogP contribution in [0.2, 0.25) is 5.02 Å². The van der Waals surface area contributed by atoms with Crippen molar-refractivity contribution < 1.29 is 9.53 Å². The first-order chi connectivity index (χ1) is 14.6. The lowest BCUT2D eigenvalue weighted by Gasteiger charge is -2.36. The Bertz CT molecular complexity index is 1010. The second-order valence-electron chi connectivity index (χ2n) is 6.85. The van der Waals surface area contributed by atoms with E-state index in [9.17, 15) is 4.79 Å². The van der Waals surface area contributed by atoms with Gasteiger partial charge in [0.05, 0.1) is 18.3 Å². The number of hydrogen-bond donors (Lipinski definition) is 0. The van der Waals surface area contributed by atoms with Crippen molar-refractivity contribution in [3.05, 3.63) is 47.2 Å². The molecular weight excluding hydrogens is 402 g/mol. The van der Waals surface area contributed by atoms with Gasteiger partial charge in [-0.25, -0.2) is 9.67 Å². The fourth-order valence-electron chi connectivity index (χ4n) is 3.51. The fraction of sp³-hybridized carbons (Fsp3) is 0.409. The van der Waals surface area contributed by atoms with Gasteiger partial charge in [0.15, 0.2) is 5.65 Å². The van der Waals surface area contributed by atoms with Crippen LogP contribution in [-0.2, 0) is 11.3 Å². The van der Waals surface area contributed by atoms with E-state index in [-0.39, 0.29) is 12.5 Å². The zero-order valence-corrected chi connectivity index (χ0v) is 18.7. The molecule has 1 aromatic carbocycles. The summed E-state index contributed by atoms with van der Waals surface area (Å²) in [4.78, 5) is 21.3. The van der Waals surface area contributed by atoms with E-state index >= 15 is 0 Å². The molecule has 1 aliphatic rings. The molecule has 2 aromatic heterocycles. The number of aromatic nitrogens is 3. The van der Waals surface area contributed by atoms with E-state index in [4.69, 9.17) is 16.3 Å². The second kappa shape index (κ2) is 9.80. The van der Waals surface area contributed by atoms with Crippen LogP contribution in [0.3, 0.4) is 0 Å². The third-order valence-corrected chi connectivity index (χ3v) is 5.49. The predicted molar refractivity (Wildman–Crippen MR) is 120 cm³/mol. The van der Waals surface area contributed by atoms with Crippen molar-refractivity contribution in [2.24, 2.45) is 0 Å². The Hall–Kier alpha value is -2.80. The summed E-state index contributed by atoms with van der Waals surface area (Å²) in [6, 6.07) is 7.70. The van der Waals surface area contributed by atoms with Gasteiger partial charge in [0.25, 0.3) is 0 Å². The molecule has 30 heavy (non-hydrogen) atoms. The number of benzene rings is 1. The summed E-state index contributed by atoms with van der Waals surface area (Å²) >= 11 is 6.11. The van der Waals surface area contributed by atoms with Crippen LogP contribution in [0.15, 0.2) is 36.7 Å². The van der Waals surface area contributed by atoms with Crippen molar-refractivity contribution in [2.45, 2.75) is 27.3 Å². The topological polar surface area (TPSA) is 63.5 Å². The highest BCUT2D eigenvalue weighted by Crippen LogP contribution is 2.29. The average molecular weight is 430 g/mol. The maximum atomic E-state index is 12.8. The molecule has 0 bridgehead atoms. The summed E-state index contributed by atoms with van der Waals surface area (Å²) in [6.45, 7) is 9.06. The van der Waals surface area contributed by atoms with E-state index in [2.05, 4.69) is 15.0 Å². The normalized spacial score (nSPS) is 13.8. The number of carbonyl (C=O) groups excluding carboxylic acids is 1. The van der Waals surface area contributed by atoms with Gasteiger partial charge in [-0.3, -0.25) is 4.79 Å². The van der Waals surface area contributed by atoms with E-state index in [1.54, 1.807) is 24.2 Å². The number of methoxy groups -OCH3 is 1. The molecule has 0 atom stereocenters. The minimum atomic E-state index is 0.0571. The van der Waals surface area contributed by atoms with Gasteiger partial charge < -0.3 is 14.5 Å². The molecule has 7 nitrogen and oxygen atoms in total. The monoisotopic (exact) mass is 429 g/mol. The molecule has 1 fully saturated rings. The molecule has 1 aliphatic heterocycles. The molecule has 1 amide bonds. The number of hydrogen-bond acceptors (Lipinski definition) is 5. The van der Waals surface area contributed by atoms with E-state index in [0.29, 0.717) is 23.9 Å². The Morgan fingerprint density at radius 1 is 1.17 bits per heavy atom. The lowest BCUT2D eigenvalue weighted by atomic mass is 10.2. The largest absolute Gasteiger partial charge is 0.495 e. The lowest BCUT2D eigenvalue weighted by molar-refractivity contribution is -0.132. The van der Waals surface area contributed by atoms with E-state index in [1.807, 2.05) is 49.9 Å². The average Bonchev–Trinajstić information content (AvgIpc) is 3.20. The van der Waals surface area contributed by atoms with Crippen molar-refractivity contribution in [1.82, 2.24) is 19.7 Å². The molecule has 0 spiro atoms. The number of pyridine rings is 1. The van der Waals surface area contributed by atoms with Crippen LogP contribution in [0.1, 0.15) is 19.4 Å². The summed E-state index contributed by atoms with van der Waals surface area (Å²) in [5.74, 6) is 0.715. The van der Waals surface area contributed by atoms with Crippen LogP contribution in [-0.4, -0.2) is 58.9 Å². The van der Waals surface area contributed by atoms with Gasteiger partial charge in [-0.2, -0.15) is 5.10 Å². The molecule has 0 aliphatic carbocycles. The Labute approximate surface area is 182 Å². The number of halogens is 1. The highest BCUT2D eigenvalue weighted by atomic mass is 35.5. The zero-order valence-electron chi connectivity index (χ0n) is 17.9. The van der Waals surface area contributed by atoms with Crippen molar-refractivity contribution in [2.75, 3.05) is 38.2 Å². The van der Waals surface area contributed by atoms with Gasteiger partial charge in [-0.05, 0) is 30.7 Å². The first kappa shape index (κ1) is 21.9. The third kappa shape index (κ3) is 4.51. The van der Waals surface area contributed by atoms with Crippen LogP contribution in [0.4, 0.5) is 5.69 Å². The third-order valence-electron chi connectivity index (χ3n) is 5.18. The molecule has 3 heterocycles. The molecule has 1 saturated heterocycles. The summed E-state index contributed by atoms with van der Waals surface area (Å²) < 4.78 is 6.98. The number of nitrogens with zero attached hydrogens (tertiary/aromatic N) is 5. The number of rotatable bonds is 4.